The number of carbonyl (C=O) groups excluding carboxylic acids is 1. The van der Waals surface area contributed by atoms with Crippen LogP contribution in [-0.2, 0) is 4.79 Å². The molecule has 15 heavy (non-hydrogen) atoms. The van der Waals surface area contributed by atoms with Gasteiger partial charge in [0.1, 0.15) is 0 Å². The van der Waals surface area contributed by atoms with Crippen molar-refractivity contribution in [1.82, 2.24) is 5.32 Å². The molecule has 3 nitrogen and oxygen atoms in total. The van der Waals surface area contributed by atoms with E-state index in [0.717, 1.165) is 19.3 Å². The van der Waals surface area contributed by atoms with E-state index < -0.39 is 0 Å². The molecule has 1 atom stereocenters. The van der Waals surface area contributed by atoms with E-state index in [4.69, 9.17) is 5.73 Å². The fourth-order valence-electron chi connectivity index (χ4n) is 2.06. The van der Waals surface area contributed by atoms with Gasteiger partial charge in [-0.15, -0.1) is 0 Å². The lowest BCUT2D eigenvalue weighted by molar-refractivity contribution is -0.121. The highest BCUT2D eigenvalue weighted by molar-refractivity contribution is 5.76. The molecule has 1 saturated heterocycles. The summed E-state index contributed by atoms with van der Waals surface area (Å²) in [6.07, 6.45) is 11.3. The second-order valence-corrected chi connectivity index (χ2v) is 4.54. The Morgan fingerprint density at radius 2 is 1.47 bits per heavy atom. The molecule has 0 aromatic rings. The van der Waals surface area contributed by atoms with Crippen LogP contribution in [0, 0.1) is 0 Å². The first kappa shape index (κ1) is 12.5. The third kappa shape index (κ3) is 6.50. The monoisotopic (exact) mass is 212 g/mol. The molecule has 1 fully saturated rings. The molecular weight excluding hydrogens is 188 g/mol. The molecule has 0 radical (unpaired) electrons. The molecule has 0 saturated carbocycles. The van der Waals surface area contributed by atoms with Crippen LogP contribution in [0.2, 0.25) is 0 Å². The molecule has 3 heteroatoms. The van der Waals surface area contributed by atoms with E-state index in [1.165, 1.54) is 38.5 Å². The third-order valence-corrected chi connectivity index (χ3v) is 3.02. The zero-order valence-corrected chi connectivity index (χ0v) is 9.63. The average molecular weight is 212 g/mol. The van der Waals surface area contributed by atoms with Crippen molar-refractivity contribution in [2.75, 3.05) is 0 Å². The summed E-state index contributed by atoms with van der Waals surface area (Å²) < 4.78 is 0. The number of amides is 1. The van der Waals surface area contributed by atoms with Gasteiger partial charge in [-0.1, -0.05) is 44.9 Å². The molecule has 88 valence electrons. The summed E-state index contributed by atoms with van der Waals surface area (Å²) >= 11 is 0. The van der Waals surface area contributed by atoms with Crippen molar-refractivity contribution in [3.8, 4) is 0 Å². The predicted octanol–water partition coefficient (Wildman–Crippen LogP) is 2.30. The Bertz CT molecular complexity index is 182. The van der Waals surface area contributed by atoms with E-state index in [-0.39, 0.29) is 12.1 Å². The Morgan fingerprint density at radius 1 is 0.933 bits per heavy atom. The first-order valence-electron chi connectivity index (χ1n) is 6.34. The minimum Gasteiger partial charge on any atom is -0.341 e. The summed E-state index contributed by atoms with van der Waals surface area (Å²) in [5.74, 6) is 0.127. The van der Waals surface area contributed by atoms with Gasteiger partial charge in [-0.2, -0.15) is 0 Å². The van der Waals surface area contributed by atoms with Crippen LogP contribution >= 0.6 is 0 Å². The summed E-state index contributed by atoms with van der Waals surface area (Å²) in [5, 5.41) is 2.86. The molecular formula is C12H24N2O. The van der Waals surface area contributed by atoms with E-state index in [1.807, 2.05) is 0 Å². The predicted molar refractivity (Wildman–Crippen MR) is 62.3 cm³/mol. The quantitative estimate of drug-likeness (QED) is 0.647. The number of nitrogens with two attached hydrogens (primary N) is 1. The van der Waals surface area contributed by atoms with Crippen molar-refractivity contribution >= 4 is 5.91 Å². The molecule has 1 unspecified atom stereocenters. The second kappa shape index (κ2) is 7.69. The Morgan fingerprint density at radius 3 is 2.13 bits per heavy atom. The maximum Gasteiger partial charge on any atom is 0.221 e. The Labute approximate surface area is 92.8 Å². The van der Waals surface area contributed by atoms with Gasteiger partial charge in [0, 0.05) is 6.42 Å². The molecule has 0 aromatic carbocycles. The second-order valence-electron chi connectivity index (χ2n) is 4.54. The van der Waals surface area contributed by atoms with Crippen molar-refractivity contribution in [3.05, 3.63) is 0 Å². The van der Waals surface area contributed by atoms with E-state index in [1.54, 1.807) is 0 Å². The topological polar surface area (TPSA) is 55.1 Å². The van der Waals surface area contributed by atoms with Crippen LogP contribution in [-0.4, -0.2) is 12.1 Å². The summed E-state index contributed by atoms with van der Waals surface area (Å²) in [6, 6.07) is 0. The lowest BCUT2D eigenvalue weighted by Gasteiger charge is -2.13. The van der Waals surface area contributed by atoms with Crippen LogP contribution < -0.4 is 11.1 Å². The van der Waals surface area contributed by atoms with Crippen molar-refractivity contribution in [3.63, 3.8) is 0 Å². The fourth-order valence-corrected chi connectivity index (χ4v) is 2.06. The third-order valence-electron chi connectivity index (χ3n) is 3.02. The minimum absolute atomic E-state index is 0.127. The van der Waals surface area contributed by atoms with Gasteiger partial charge in [-0.3, -0.25) is 4.79 Å². The highest BCUT2D eigenvalue weighted by Crippen LogP contribution is 2.11. The maximum atomic E-state index is 11.4. The smallest absolute Gasteiger partial charge is 0.221 e. The summed E-state index contributed by atoms with van der Waals surface area (Å²) in [5.41, 5.74) is 5.81. The zero-order chi connectivity index (χ0) is 10.9. The standard InChI is InChI=1S/C12H24N2O/c13-11-9-7-5-3-1-2-4-6-8-10-12(15)14-11/h11H,1-10,13H2,(H,14,15). The molecule has 0 spiro atoms. The first-order valence-corrected chi connectivity index (χ1v) is 6.34. The van der Waals surface area contributed by atoms with E-state index in [2.05, 4.69) is 5.32 Å². The Balaban J connectivity index is 2.26. The number of hydrogen-bond acceptors (Lipinski definition) is 2. The van der Waals surface area contributed by atoms with Crippen LogP contribution in [0.3, 0.4) is 0 Å². The molecule has 1 aliphatic heterocycles. The lowest BCUT2D eigenvalue weighted by atomic mass is 10.1. The van der Waals surface area contributed by atoms with Crippen molar-refractivity contribution < 1.29 is 4.79 Å². The van der Waals surface area contributed by atoms with E-state index in [0.29, 0.717) is 6.42 Å². The van der Waals surface area contributed by atoms with Gasteiger partial charge in [0.25, 0.3) is 0 Å². The van der Waals surface area contributed by atoms with Gasteiger partial charge in [0.05, 0.1) is 6.17 Å². The van der Waals surface area contributed by atoms with Gasteiger partial charge < -0.3 is 11.1 Å². The molecule has 0 aromatic heterocycles. The Hall–Kier alpha value is -0.570. The molecule has 1 heterocycles. The van der Waals surface area contributed by atoms with Gasteiger partial charge in [-0.05, 0) is 12.8 Å². The number of rotatable bonds is 0. The highest BCUT2D eigenvalue weighted by atomic mass is 16.1. The van der Waals surface area contributed by atoms with Crippen LogP contribution in [0.4, 0.5) is 0 Å². The van der Waals surface area contributed by atoms with Crippen molar-refractivity contribution in [1.29, 1.82) is 0 Å². The zero-order valence-electron chi connectivity index (χ0n) is 9.63. The van der Waals surface area contributed by atoms with Crippen molar-refractivity contribution in [2.45, 2.75) is 70.4 Å². The molecule has 1 amide bonds. The molecule has 1 rings (SSSR count). The number of hydrogen-bond donors (Lipinski definition) is 2. The summed E-state index contributed by atoms with van der Waals surface area (Å²) in [7, 11) is 0. The summed E-state index contributed by atoms with van der Waals surface area (Å²) in [6.45, 7) is 0. The minimum atomic E-state index is -0.127. The number of carbonyl (C=O) groups is 1. The van der Waals surface area contributed by atoms with Gasteiger partial charge >= 0.3 is 0 Å². The molecule has 1 aliphatic rings. The average Bonchev–Trinajstić information content (AvgIpc) is 2.21. The maximum absolute atomic E-state index is 11.4. The normalized spacial score (nSPS) is 27.0. The molecule has 3 N–H and O–H groups in total. The van der Waals surface area contributed by atoms with E-state index >= 15 is 0 Å². The van der Waals surface area contributed by atoms with E-state index in [9.17, 15) is 4.79 Å². The fraction of sp³-hybridized carbons (Fsp3) is 0.917. The number of nitrogens with one attached hydrogen (secondary N) is 1. The van der Waals surface area contributed by atoms with Gasteiger partial charge in [0.2, 0.25) is 5.91 Å². The van der Waals surface area contributed by atoms with Crippen molar-refractivity contribution in [2.24, 2.45) is 5.73 Å². The lowest BCUT2D eigenvalue weighted by Crippen LogP contribution is -2.41. The first-order chi connectivity index (χ1) is 7.29. The molecule has 0 bridgehead atoms. The van der Waals surface area contributed by atoms with Crippen LogP contribution in [0.25, 0.3) is 0 Å². The van der Waals surface area contributed by atoms with Gasteiger partial charge in [-0.25, -0.2) is 0 Å². The Kier molecular flexibility index (Phi) is 6.41. The SMILES string of the molecule is NC1CCCCCCCCCCC(=O)N1. The largest absolute Gasteiger partial charge is 0.341 e. The van der Waals surface area contributed by atoms with Crippen LogP contribution in [0.1, 0.15) is 64.2 Å². The van der Waals surface area contributed by atoms with Gasteiger partial charge in [0.15, 0.2) is 0 Å². The summed E-state index contributed by atoms with van der Waals surface area (Å²) in [4.78, 5) is 11.4. The van der Waals surface area contributed by atoms with Crippen LogP contribution in [0.15, 0.2) is 0 Å². The van der Waals surface area contributed by atoms with Crippen LogP contribution in [0.5, 0.6) is 0 Å². The highest BCUT2D eigenvalue weighted by Gasteiger charge is 2.07. The molecule has 0 aliphatic carbocycles.